The Morgan fingerprint density at radius 3 is 2.29 bits per heavy atom. The molecule has 1 atom stereocenters. The average molecular weight is 284 g/mol. The molecule has 1 unspecified atom stereocenters. The van der Waals surface area contributed by atoms with E-state index < -0.39 is 6.10 Å². The maximum absolute atomic E-state index is 10.3. The third-order valence-corrected chi connectivity index (χ3v) is 3.63. The van der Waals surface area contributed by atoms with Gasteiger partial charge in [0.2, 0.25) is 0 Å². The Kier molecular flexibility index (Phi) is 5.48. The summed E-state index contributed by atoms with van der Waals surface area (Å²) in [5.74, 6) is 0.517. The van der Waals surface area contributed by atoms with Gasteiger partial charge in [-0.1, -0.05) is 44.2 Å². The molecule has 0 saturated carbocycles. The molecule has 1 aromatic heterocycles. The van der Waals surface area contributed by atoms with Crippen LogP contribution >= 0.6 is 0 Å². The van der Waals surface area contributed by atoms with Crippen molar-refractivity contribution in [3.63, 3.8) is 0 Å². The lowest BCUT2D eigenvalue weighted by Gasteiger charge is -2.20. The number of rotatable bonds is 6. The van der Waals surface area contributed by atoms with Crippen LogP contribution in [0.15, 0.2) is 48.7 Å². The average Bonchev–Trinajstić information content (AvgIpc) is 2.48. The molecule has 3 heteroatoms. The number of pyridine rings is 1. The second kappa shape index (κ2) is 7.34. The number of hydrogen-bond acceptors (Lipinski definition) is 3. The Balaban J connectivity index is 1.92. The second-order valence-electron chi connectivity index (χ2n) is 5.85. The third-order valence-electron chi connectivity index (χ3n) is 3.63. The van der Waals surface area contributed by atoms with Gasteiger partial charge >= 0.3 is 0 Å². The summed E-state index contributed by atoms with van der Waals surface area (Å²) in [5.41, 5.74) is 3.28. The Labute approximate surface area is 127 Å². The van der Waals surface area contributed by atoms with Crippen LogP contribution in [0, 0.1) is 0 Å². The zero-order chi connectivity index (χ0) is 15.2. The highest BCUT2D eigenvalue weighted by Crippen LogP contribution is 2.19. The lowest BCUT2D eigenvalue weighted by Crippen LogP contribution is -2.24. The largest absolute Gasteiger partial charge is 0.387 e. The van der Waals surface area contributed by atoms with E-state index in [1.54, 1.807) is 6.20 Å². The van der Waals surface area contributed by atoms with Crippen LogP contribution < -0.4 is 0 Å². The first-order valence-electron chi connectivity index (χ1n) is 7.42. The molecule has 3 nitrogen and oxygen atoms in total. The van der Waals surface area contributed by atoms with Crippen molar-refractivity contribution in [1.82, 2.24) is 9.88 Å². The fourth-order valence-electron chi connectivity index (χ4n) is 2.34. The number of hydrogen-bond donors (Lipinski definition) is 1. The predicted molar refractivity (Wildman–Crippen MR) is 86.1 cm³/mol. The van der Waals surface area contributed by atoms with Gasteiger partial charge in [-0.3, -0.25) is 9.88 Å². The lowest BCUT2D eigenvalue weighted by molar-refractivity contribution is 0.123. The van der Waals surface area contributed by atoms with Gasteiger partial charge < -0.3 is 5.11 Å². The molecule has 0 saturated heterocycles. The summed E-state index contributed by atoms with van der Waals surface area (Å²) in [5, 5.41) is 10.3. The first-order valence-corrected chi connectivity index (χ1v) is 7.42. The molecule has 0 radical (unpaired) electrons. The predicted octanol–water partition coefficient (Wildman–Crippen LogP) is 3.37. The van der Waals surface area contributed by atoms with Gasteiger partial charge in [-0.25, -0.2) is 0 Å². The van der Waals surface area contributed by atoms with E-state index in [4.69, 9.17) is 0 Å². The van der Waals surface area contributed by atoms with Crippen LogP contribution in [-0.4, -0.2) is 28.6 Å². The van der Waals surface area contributed by atoms with Crippen molar-refractivity contribution < 1.29 is 5.11 Å². The molecule has 1 heterocycles. The summed E-state index contributed by atoms with van der Waals surface area (Å²) in [6.45, 7) is 5.68. The van der Waals surface area contributed by atoms with E-state index in [1.807, 2.05) is 37.4 Å². The molecule has 21 heavy (non-hydrogen) atoms. The normalized spacial score (nSPS) is 12.9. The van der Waals surface area contributed by atoms with Crippen molar-refractivity contribution in [2.24, 2.45) is 0 Å². The van der Waals surface area contributed by atoms with Gasteiger partial charge in [0.15, 0.2) is 0 Å². The van der Waals surface area contributed by atoms with Crippen LogP contribution in [0.2, 0.25) is 0 Å². The number of aliphatic hydroxyl groups excluding tert-OH is 1. The fourth-order valence-corrected chi connectivity index (χ4v) is 2.34. The molecular weight excluding hydrogens is 260 g/mol. The van der Waals surface area contributed by atoms with Crippen molar-refractivity contribution in [2.45, 2.75) is 32.4 Å². The number of nitrogens with zero attached hydrogens (tertiary/aromatic N) is 2. The quantitative estimate of drug-likeness (QED) is 0.883. The molecule has 1 N–H and O–H groups in total. The Hall–Kier alpha value is -1.71. The Morgan fingerprint density at radius 2 is 1.71 bits per heavy atom. The number of benzene rings is 1. The monoisotopic (exact) mass is 284 g/mol. The second-order valence-corrected chi connectivity index (χ2v) is 5.85. The molecule has 2 aromatic rings. The highest BCUT2D eigenvalue weighted by atomic mass is 16.3. The summed E-state index contributed by atoms with van der Waals surface area (Å²) in [4.78, 5) is 6.39. The maximum Gasteiger partial charge on any atom is 0.0916 e. The van der Waals surface area contributed by atoms with E-state index in [0.29, 0.717) is 12.5 Å². The van der Waals surface area contributed by atoms with Gasteiger partial charge in [0.1, 0.15) is 0 Å². The molecule has 1 aromatic carbocycles. The molecule has 0 aliphatic carbocycles. The highest BCUT2D eigenvalue weighted by molar-refractivity contribution is 5.26. The van der Waals surface area contributed by atoms with Crippen LogP contribution in [0.4, 0.5) is 0 Å². The minimum atomic E-state index is -0.472. The van der Waals surface area contributed by atoms with Gasteiger partial charge in [0.25, 0.3) is 0 Å². The Bertz CT molecular complexity index is 537. The summed E-state index contributed by atoms with van der Waals surface area (Å²) in [6.07, 6.45) is 1.32. The standard InChI is InChI=1S/C18H24N2O/c1-14(2)15-7-9-16(10-8-15)18(21)13-20(3)12-17-6-4-5-11-19-17/h4-11,14,18,21H,12-13H2,1-3H3. The molecule has 0 aliphatic heterocycles. The lowest BCUT2D eigenvalue weighted by atomic mass is 10.00. The van der Waals surface area contributed by atoms with Crippen molar-refractivity contribution in [3.05, 3.63) is 65.5 Å². The zero-order valence-electron chi connectivity index (χ0n) is 13.0. The van der Waals surface area contributed by atoms with Gasteiger partial charge in [0.05, 0.1) is 11.8 Å². The smallest absolute Gasteiger partial charge is 0.0916 e. The van der Waals surface area contributed by atoms with Crippen LogP contribution in [0.3, 0.4) is 0 Å². The molecule has 0 aliphatic rings. The fraction of sp³-hybridized carbons (Fsp3) is 0.389. The van der Waals surface area contributed by atoms with E-state index >= 15 is 0 Å². The van der Waals surface area contributed by atoms with E-state index in [0.717, 1.165) is 17.8 Å². The van der Waals surface area contributed by atoms with Crippen molar-refractivity contribution in [3.8, 4) is 0 Å². The van der Waals surface area contributed by atoms with E-state index in [2.05, 4.69) is 35.9 Å². The molecule has 0 amide bonds. The molecule has 0 bridgehead atoms. The number of aliphatic hydroxyl groups is 1. The summed E-state index contributed by atoms with van der Waals surface area (Å²) >= 11 is 0. The minimum Gasteiger partial charge on any atom is -0.387 e. The van der Waals surface area contributed by atoms with Crippen molar-refractivity contribution in [1.29, 1.82) is 0 Å². The first-order chi connectivity index (χ1) is 10.1. The van der Waals surface area contributed by atoms with Gasteiger partial charge in [0, 0.05) is 19.3 Å². The number of likely N-dealkylation sites (N-methyl/N-ethyl adjacent to an activating group) is 1. The van der Waals surface area contributed by atoms with Gasteiger partial charge in [-0.15, -0.1) is 0 Å². The summed E-state index contributed by atoms with van der Waals surface area (Å²) < 4.78 is 0. The van der Waals surface area contributed by atoms with Crippen molar-refractivity contribution in [2.75, 3.05) is 13.6 Å². The molecule has 0 fully saturated rings. The first kappa shape index (κ1) is 15.7. The molecule has 2 rings (SSSR count). The van der Waals surface area contributed by atoms with Gasteiger partial charge in [-0.05, 0) is 36.2 Å². The van der Waals surface area contributed by atoms with Crippen LogP contribution in [0.1, 0.15) is 42.7 Å². The molecule has 112 valence electrons. The van der Waals surface area contributed by atoms with E-state index in [9.17, 15) is 5.11 Å². The van der Waals surface area contributed by atoms with Crippen LogP contribution in [-0.2, 0) is 6.54 Å². The number of aromatic nitrogens is 1. The molecule has 0 spiro atoms. The topological polar surface area (TPSA) is 36.4 Å². The summed E-state index contributed by atoms with van der Waals surface area (Å²) in [6, 6.07) is 14.1. The van der Waals surface area contributed by atoms with Gasteiger partial charge in [-0.2, -0.15) is 0 Å². The van der Waals surface area contributed by atoms with Crippen LogP contribution in [0.25, 0.3) is 0 Å². The maximum atomic E-state index is 10.3. The minimum absolute atomic E-state index is 0.472. The molecular formula is C18H24N2O. The Morgan fingerprint density at radius 1 is 1.05 bits per heavy atom. The van der Waals surface area contributed by atoms with Crippen LogP contribution in [0.5, 0.6) is 0 Å². The SMILES string of the molecule is CC(C)c1ccc(C(O)CN(C)Cc2ccccn2)cc1. The third kappa shape index (κ3) is 4.66. The highest BCUT2D eigenvalue weighted by Gasteiger charge is 2.11. The van der Waals surface area contributed by atoms with Crippen molar-refractivity contribution >= 4 is 0 Å². The van der Waals surface area contributed by atoms with E-state index in [-0.39, 0.29) is 0 Å². The zero-order valence-corrected chi connectivity index (χ0v) is 13.0. The summed E-state index contributed by atoms with van der Waals surface area (Å²) in [7, 11) is 2.00. The van der Waals surface area contributed by atoms with E-state index in [1.165, 1.54) is 5.56 Å².